The van der Waals surface area contributed by atoms with Gasteiger partial charge in [-0.15, -0.1) is 23.7 Å². The fraction of sp³-hybridized carbons (Fsp3) is 0.667. The SMILES string of the molecule is CNCC1CCN(S(=O)(=O)c2cc(Br)sc2C)CC1.Cl. The highest BCUT2D eigenvalue weighted by Gasteiger charge is 2.31. The van der Waals surface area contributed by atoms with E-state index in [0.717, 1.165) is 28.0 Å². The maximum absolute atomic E-state index is 12.6. The van der Waals surface area contributed by atoms with Crippen LogP contribution in [0.15, 0.2) is 14.7 Å². The van der Waals surface area contributed by atoms with Crippen molar-refractivity contribution in [3.05, 3.63) is 14.7 Å². The molecule has 1 aromatic rings. The first-order valence-corrected chi connectivity index (χ1v) is 9.40. The van der Waals surface area contributed by atoms with Crippen molar-refractivity contribution in [2.75, 3.05) is 26.7 Å². The Hall–Kier alpha value is 0.340. The molecule has 1 aliphatic rings. The molecule has 1 aliphatic heterocycles. The second kappa shape index (κ2) is 7.56. The standard InChI is InChI=1S/C12H19BrN2O2S2.ClH/c1-9-11(7-12(13)18-9)19(16,17)15-5-3-10(4-6-15)8-14-2;/h7,10,14H,3-6,8H2,1-2H3;1H. The summed E-state index contributed by atoms with van der Waals surface area (Å²) < 4.78 is 27.7. The van der Waals surface area contributed by atoms with Crippen LogP contribution >= 0.6 is 39.7 Å². The molecule has 0 unspecified atom stereocenters. The van der Waals surface area contributed by atoms with Crippen LogP contribution in [0.4, 0.5) is 0 Å². The van der Waals surface area contributed by atoms with E-state index in [0.29, 0.717) is 23.9 Å². The highest BCUT2D eigenvalue weighted by atomic mass is 79.9. The molecule has 0 spiro atoms. The van der Waals surface area contributed by atoms with Crippen molar-refractivity contribution in [3.63, 3.8) is 0 Å². The van der Waals surface area contributed by atoms with E-state index >= 15 is 0 Å². The van der Waals surface area contributed by atoms with Crippen LogP contribution in [0.5, 0.6) is 0 Å². The van der Waals surface area contributed by atoms with E-state index in [9.17, 15) is 8.42 Å². The molecular formula is C12H20BrClN2O2S2. The molecule has 0 radical (unpaired) electrons. The van der Waals surface area contributed by atoms with E-state index in [2.05, 4.69) is 21.2 Å². The van der Waals surface area contributed by atoms with Crippen molar-refractivity contribution >= 4 is 49.7 Å². The molecule has 20 heavy (non-hydrogen) atoms. The van der Waals surface area contributed by atoms with Crippen LogP contribution in [0.2, 0.25) is 0 Å². The van der Waals surface area contributed by atoms with Gasteiger partial charge in [-0.25, -0.2) is 8.42 Å². The zero-order chi connectivity index (χ0) is 14.0. The van der Waals surface area contributed by atoms with Gasteiger partial charge in [0.15, 0.2) is 0 Å². The van der Waals surface area contributed by atoms with E-state index in [1.165, 1.54) is 11.3 Å². The minimum Gasteiger partial charge on any atom is -0.319 e. The van der Waals surface area contributed by atoms with E-state index < -0.39 is 10.0 Å². The van der Waals surface area contributed by atoms with Crippen molar-refractivity contribution in [3.8, 4) is 0 Å². The number of nitrogens with zero attached hydrogens (tertiary/aromatic N) is 1. The van der Waals surface area contributed by atoms with Gasteiger partial charge in [-0.2, -0.15) is 4.31 Å². The van der Waals surface area contributed by atoms with E-state index in [-0.39, 0.29) is 12.4 Å². The van der Waals surface area contributed by atoms with Gasteiger partial charge >= 0.3 is 0 Å². The summed E-state index contributed by atoms with van der Waals surface area (Å²) in [5.74, 6) is 0.590. The molecular weight excluding hydrogens is 384 g/mol. The molecule has 0 atom stereocenters. The third-order valence-electron chi connectivity index (χ3n) is 3.53. The molecule has 8 heteroatoms. The van der Waals surface area contributed by atoms with Gasteiger partial charge in [0.1, 0.15) is 0 Å². The summed E-state index contributed by atoms with van der Waals surface area (Å²) in [6.07, 6.45) is 1.87. The van der Waals surface area contributed by atoms with Gasteiger partial charge in [-0.05, 0) is 61.3 Å². The van der Waals surface area contributed by atoms with Crippen molar-refractivity contribution in [1.29, 1.82) is 0 Å². The van der Waals surface area contributed by atoms with Crippen LogP contribution in [0.1, 0.15) is 17.7 Å². The lowest BCUT2D eigenvalue weighted by Gasteiger charge is -2.31. The molecule has 1 aromatic heterocycles. The fourth-order valence-corrected chi connectivity index (χ4v) is 6.32. The average molecular weight is 404 g/mol. The number of aryl methyl sites for hydroxylation is 1. The van der Waals surface area contributed by atoms with Gasteiger partial charge in [0, 0.05) is 18.0 Å². The molecule has 1 fully saturated rings. The fourth-order valence-electron chi connectivity index (χ4n) is 2.47. The largest absolute Gasteiger partial charge is 0.319 e. The number of halogens is 2. The quantitative estimate of drug-likeness (QED) is 0.841. The van der Waals surface area contributed by atoms with Crippen LogP contribution in [0.25, 0.3) is 0 Å². The van der Waals surface area contributed by atoms with Crippen molar-refractivity contribution in [1.82, 2.24) is 9.62 Å². The van der Waals surface area contributed by atoms with Crippen molar-refractivity contribution in [2.45, 2.75) is 24.7 Å². The lowest BCUT2D eigenvalue weighted by atomic mass is 9.98. The zero-order valence-electron chi connectivity index (χ0n) is 11.6. The lowest BCUT2D eigenvalue weighted by Crippen LogP contribution is -2.40. The molecule has 0 bridgehead atoms. The zero-order valence-corrected chi connectivity index (χ0v) is 15.6. The van der Waals surface area contributed by atoms with Crippen LogP contribution < -0.4 is 5.32 Å². The highest BCUT2D eigenvalue weighted by Crippen LogP contribution is 2.32. The van der Waals surface area contributed by atoms with E-state index in [4.69, 9.17) is 0 Å². The van der Waals surface area contributed by atoms with Gasteiger partial charge in [0.05, 0.1) is 8.68 Å². The number of sulfonamides is 1. The number of thiophene rings is 1. The van der Waals surface area contributed by atoms with E-state index in [1.54, 1.807) is 10.4 Å². The first-order chi connectivity index (χ1) is 8.95. The Morgan fingerprint density at radius 3 is 2.50 bits per heavy atom. The third-order valence-corrected chi connectivity index (χ3v) is 7.23. The molecule has 0 aliphatic carbocycles. The average Bonchev–Trinajstić information content (AvgIpc) is 2.70. The van der Waals surface area contributed by atoms with Gasteiger partial charge in [-0.3, -0.25) is 0 Å². The normalized spacial score (nSPS) is 17.9. The number of hydrogen-bond donors (Lipinski definition) is 1. The minimum atomic E-state index is -3.32. The summed E-state index contributed by atoms with van der Waals surface area (Å²) in [5, 5.41) is 3.16. The molecule has 2 rings (SSSR count). The molecule has 0 saturated carbocycles. The molecule has 0 aromatic carbocycles. The Balaban J connectivity index is 0.00000200. The maximum Gasteiger partial charge on any atom is 0.244 e. The first-order valence-electron chi connectivity index (χ1n) is 6.36. The van der Waals surface area contributed by atoms with Gasteiger partial charge in [-0.1, -0.05) is 0 Å². The third kappa shape index (κ3) is 3.96. The van der Waals surface area contributed by atoms with Crippen LogP contribution in [0.3, 0.4) is 0 Å². The Morgan fingerprint density at radius 2 is 2.05 bits per heavy atom. The summed E-state index contributed by atoms with van der Waals surface area (Å²) in [4.78, 5) is 1.31. The van der Waals surface area contributed by atoms with E-state index in [1.807, 2.05) is 14.0 Å². The maximum atomic E-state index is 12.6. The monoisotopic (exact) mass is 402 g/mol. The van der Waals surface area contributed by atoms with Crippen LogP contribution in [0, 0.1) is 12.8 Å². The molecule has 116 valence electrons. The summed E-state index contributed by atoms with van der Waals surface area (Å²) in [6, 6.07) is 1.72. The van der Waals surface area contributed by atoms with Gasteiger partial charge < -0.3 is 5.32 Å². The van der Waals surface area contributed by atoms with Crippen molar-refractivity contribution < 1.29 is 8.42 Å². The summed E-state index contributed by atoms with van der Waals surface area (Å²) >= 11 is 4.83. The van der Waals surface area contributed by atoms with Gasteiger partial charge in [0.2, 0.25) is 10.0 Å². The Bertz CT molecular complexity index is 540. The number of rotatable bonds is 4. The molecule has 0 amide bonds. The predicted octanol–water partition coefficient (Wildman–Crippen LogP) is 2.86. The predicted molar refractivity (Wildman–Crippen MR) is 89.4 cm³/mol. The second-order valence-corrected chi connectivity index (χ2v) is 9.42. The Morgan fingerprint density at radius 1 is 1.45 bits per heavy atom. The molecule has 1 saturated heterocycles. The highest BCUT2D eigenvalue weighted by molar-refractivity contribution is 9.11. The molecule has 4 nitrogen and oxygen atoms in total. The Kier molecular flexibility index (Phi) is 6.95. The van der Waals surface area contributed by atoms with Gasteiger partial charge in [0.25, 0.3) is 0 Å². The summed E-state index contributed by atoms with van der Waals surface area (Å²) in [7, 11) is -1.38. The smallest absolute Gasteiger partial charge is 0.244 e. The number of piperidine rings is 1. The topological polar surface area (TPSA) is 49.4 Å². The Labute approximate surface area is 139 Å². The number of hydrogen-bond acceptors (Lipinski definition) is 4. The number of nitrogens with one attached hydrogen (secondary N) is 1. The summed E-state index contributed by atoms with van der Waals surface area (Å²) in [5.41, 5.74) is 0. The molecule has 1 N–H and O–H groups in total. The minimum absolute atomic E-state index is 0. The van der Waals surface area contributed by atoms with Crippen molar-refractivity contribution in [2.24, 2.45) is 5.92 Å². The second-order valence-electron chi connectivity index (χ2n) is 4.88. The molecule has 2 heterocycles. The van der Waals surface area contributed by atoms with Crippen LogP contribution in [-0.2, 0) is 10.0 Å². The van der Waals surface area contributed by atoms with Crippen LogP contribution in [-0.4, -0.2) is 39.4 Å². The summed E-state index contributed by atoms with van der Waals surface area (Å²) in [6.45, 7) is 4.08. The lowest BCUT2D eigenvalue weighted by molar-refractivity contribution is 0.270. The first kappa shape index (κ1) is 18.4.